The standard InChI is InChI=1S/C30H39FN4O4/c1-29(2,3)16-24(35-28-34-23-9-7-8-10-25(23)38-28)27(37)33-20(15-26(36)39-30(4,5)6)13-18-17-32-22-12-11-19(31)14-21(18)22/h7-12,14,18,20,24,32H,13,15-17H2,1-6H3,(H,33,37)(H,34,35)/t18?,20-,24-/m0/s1. The van der Waals surface area contributed by atoms with Gasteiger partial charge in [0, 0.05) is 24.2 Å². The van der Waals surface area contributed by atoms with Crippen molar-refractivity contribution in [2.24, 2.45) is 5.41 Å². The van der Waals surface area contributed by atoms with E-state index in [9.17, 15) is 14.0 Å². The SMILES string of the molecule is CC(C)(C)C[C@H](Nc1nc2ccccc2o1)C(=O)N[C@H](CC(=O)OC(C)(C)C)CC1CNc2ccc(F)cc21. The normalized spacial score (nSPS) is 16.7. The van der Waals surface area contributed by atoms with E-state index in [4.69, 9.17) is 9.15 Å². The van der Waals surface area contributed by atoms with Crippen molar-refractivity contribution in [1.29, 1.82) is 0 Å². The lowest BCUT2D eigenvalue weighted by atomic mass is 9.87. The first kappa shape index (κ1) is 28.4. The van der Waals surface area contributed by atoms with Gasteiger partial charge in [-0.2, -0.15) is 4.98 Å². The maximum absolute atomic E-state index is 14.0. The zero-order valence-electron chi connectivity index (χ0n) is 23.6. The highest BCUT2D eigenvalue weighted by molar-refractivity contribution is 5.85. The van der Waals surface area contributed by atoms with Gasteiger partial charge in [-0.1, -0.05) is 32.9 Å². The highest BCUT2D eigenvalue weighted by atomic mass is 19.1. The molecular formula is C30H39FN4O4. The summed E-state index contributed by atoms with van der Waals surface area (Å²) in [5.74, 6) is -1.07. The van der Waals surface area contributed by atoms with Gasteiger partial charge >= 0.3 is 5.97 Å². The summed E-state index contributed by atoms with van der Waals surface area (Å²) in [6.45, 7) is 12.2. The van der Waals surface area contributed by atoms with Gasteiger partial charge < -0.3 is 25.1 Å². The van der Waals surface area contributed by atoms with Crippen molar-refractivity contribution < 1.29 is 23.1 Å². The fourth-order valence-electron chi connectivity index (χ4n) is 4.91. The van der Waals surface area contributed by atoms with Crippen LogP contribution in [-0.4, -0.2) is 41.1 Å². The molecule has 0 bridgehead atoms. The minimum absolute atomic E-state index is 0.00468. The molecule has 0 fully saturated rings. The van der Waals surface area contributed by atoms with Gasteiger partial charge in [0.2, 0.25) is 5.91 Å². The zero-order chi connectivity index (χ0) is 28.4. The molecule has 4 rings (SSSR count). The lowest BCUT2D eigenvalue weighted by Crippen LogP contribution is -2.47. The molecule has 3 N–H and O–H groups in total. The van der Waals surface area contributed by atoms with E-state index in [-0.39, 0.29) is 35.5 Å². The number of anilines is 2. The first-order valence-electron chi connectivity index (χ1n) is 13.4. The van der Waals surface area contributed by atoms with Crippen LogP contribution in [0, 0.1) is 11.2 Å². The number of carbonyl (C=O) groups is 2. The van der Waals surface area contributed by atoms with Crippen molar-refractivity contribution in [1.82, 2.24) is 10.3 Å². The number of oxazole rings is 1. The van der Waals surface area contributed by atoms with E-state index in [1.54, 1.807) is 6.07 Å². The van der Waals surface area contributed by atoms with E-state index < -0.39 is 23.7 Å². The van der Waals surface area contributed by atoms with E-state index in [1.165, 1.54) is 12.1 Å². The maximum atomic E-state index is 14.0. The molecular weight excluding hydrogens is 499 g/mol. The Morgan fingerprint density at radius 3 is 2.59 bits per heavy atom. The molecule has 39 heavy (non-hydrogen) atoms. The highest BCUT2D eigenvalue weighted by Crippen LogP contribution is 2.35. The predicted molar refractivity (Wildman–Crippen MR) is 150 cm³/mol. The van der Waals surface area contributed by atoms with Crippen molar-refractivity contribution in [2.45, 2.75) is 84.4 Å². The van der Waals surface area contributed by atoms with E-state index in [2.05, 4.69) is 41.7 Å². The first-order chi connectivity index (χ1) is 18.3. The van der Waals surface area contributed by atoms with Gasteiger partial charge in [0.15, 0.2) is 5.58 Å². The fourth-order valence-corrected chi connectivity index (χ4v) is 4.91. The average molecular weight is 539 g/mol. The lowest BCUT2D eigenvalue weighted by molar-refractivity contribution is -0.155. The lowest BCUT2D eigenvalue weighted by Gasteiger charge is -2.29. The molecule has 0 saturated carbocycles. The van der Waals surface area contributed by atoms with Crippen LogP contribution in [0.15, 0.2) is 46.9 Å². The zero-order valence-corrected chi connectivity index (χ0v) is 23.6. The number of para-hydroxylation sites is 2. The van der Waals surface area contributed by atoms with Crippen LogP contribution >= 0.6 is 0 Å². The molecule has 0 saturated heterocycles. The molecule has 0 spiro atoms. The molecule has 0 radical (unpaired) electrons. The number of fused-ring (bicyclic) bond motifs is 2. The van der Waals surface area contributed by atoms with E-state index in [1.807, 2.05) is 45.0 Å². The third-order valence-corrected chi connectivity index (χ3v) is 6.47. The van der Waals surface area contributed by atoms with Crippen LogP contribution in [0.4, 0.5) is 16.1 Å². The van der Waals surface area contributed by atoms with Gasteiger partial charge in [-0.05, 0) is 74.9 Å². The molecule has 3 atom stereocenters. The number of esters is 1. The summed E-state index contributed by atoms with van der Waals surface area (Å²) in [4.78, 5) is 31.0. The number of nitrogens with one attached hydrogen (secondary N) is 3. The number of rotatable bonds is 9. The van der Waals surface area contributed by atoms with Gasteiger partial charge in [-0.15, -0.1) is 0 Å². The molecule has 3 aromatic rings. The van der Waals surface area contributed by atoms with Crippen LogP contribution in [0.3, 0.4) is 0 Å². The third kappa shape index (κ3) is 7.94. The fraction of sp³-hybridized carbons (Fsp3) is 0.500. The predicted octanol–water partition coefficient (Wildman–Crippen LogP) is 6.00. The Kier molecular flexibility index (Phi) is 8.18. The molecule has 2 heterocycles. The number of amides is 1. The number of hydrogen-bond acceptors (Lipinski definition) is 7. The number of aromatic nitrogens is 1. The van der Waals surface area contributed by atoms with Crippen molar-refractivity contribution in [3.8, 4) is 0 Å². The van der Waals surface area contributed by atoms with Gasteiger partial charge in [0.1, 0.15) is 23.0 Å². The van der Waals surface area contributed by atoms with E-state index >= 15 is 0 Å². The largest absolute Gasteiger partial charge is 0.460 e. The van der Waals surface area contributed by atoms with E-state index in [0.29, 0.717) is 30.5 Å². The van der Waals surface area contributed by atoms with Gasteiger partial charge in [-0.3, -0.25) is 9.59 Å². The summed E-state index contributed by atoms with van der Waals surface area (Å²) in [6.07, 6.45) is 0.935. The monoisotopic (exact) mass is 538 g/mol. The quantitative estimate of drug-likeness (QED) is 0.287. The Balaban J connectivity index is 1.55. The van der Waals surface area contributed by atoms with Gasteiger partial charge in [-0.25, -0.2) is 4.39 Å². The molecule has 1 aliphatic heterocycles. The summed E-state index contributed by atoms with van der Waals surface area (Å²) >= 11 is 0. The Hall–Kier alpha value is -3.62. The minimum atomic E-state index is -0.661. The summed E-state index contributed by atoms with van der Waals surface area (Å²) < 4.78 is 25.4. The molecule has 8 nitrogen and oxygen atoms in total. The second-order valence-electron chi connectivity index (χ2n) is 12.5. The number of ether oxygens (including phenoxy) is 1. The second kappa shape index (κ2) is 11.2. The van der Waals surface area contributed by atoms with Gasteiger partial charge in [0.05, 0.1) is 6.42 Å². The topological polar surface area (TPSA) is 105 Å². The van der Waals surface area contributed by atoms with Gasteiger partial charge in [0.25, 0.3) is 6.01 Å². The summed E-state index contributed by atoms with van der Waals surface area (Å²) in [5.41, 5.74) is 2.18. The molecule has 1 aromatic heterocycles. The molecule has 0 aliphatic carbocycles. The molecule has 9 heteroatoms. The van der Waals surface area contributed by atoms with Crippen LogP contribution < -0.4 is 16.0 Å². The number of halogens is 1. The van der Waals surface area contributed by atoms with Crippen molar-refractivity contribution >= 4 is 34.7 Å². The van der Waals surface area contributed by atoms with Crippen LogP contribution in [0.25, 0.3) is 11.1 Å². The maximum Gasteiger partial charge on any atom is 0.308 e. The highest BCUT2D eigenvalue weighted by Gasteiger charge is 2.32. The Labute approximate surface area is 229 Å². The number of benzene rings is 2. The van der Waals surface area contributed by atoms with Crippen LogP contribution in [0.5, 0.6) is 0 Å². The molecule has 1 aliphatic rings. The minimum Gasteiger partial charge on any atom is -0.460 e. The Morgan fingerprint density at radius 1 is 1.15 bits per heavy atom. The summed E-state index contributed by atoms with van der Waals surface area (Å²) in [5, 5.41) is 9.56. The number of carbonyl (C=O) groups excluding carboxylic acids is 2. The molecule has 2 aromatic carbocycles. The number of hydrogen-bond donors (Lipinski definition) is 3. The third-order valence-electron chi connectivity index (χ3n) is 6.47. The second-order valence-corrected chi connectivity index (χ2v) is 12.5. The Bertz CT molecular complexity index is 1290. The first-order valence-corrected chi connectivity index (χ1v) is 13.4. The molecule has 1 amide bonds. The van der Waals surface area contributed by atoms with E-state index in [0.717, 1.165) is 11.3 Å². The number of nitrogens with zero attached hydrogens (tertiary/aromatic N) is 1. The van der Waals surface area contributed by atoms with Crippen LogP contribution in [-0.2, 0) is 14.3 Å². The summed E-state index contributed by atoms with van der Waals surface area (Å²) in [6, 6.07) is 11.1. The van der Waals surface area contributed by atoms with Crippen LogP contribution in [0.1, 0.15) is 72.3 Å². The Morgan fingerprint density at radius 2 is 1.90 bits per heavy atom. The van der Waals surface area contributed by atoms with Crippen LogP contribution in [0.2, 0.25) is 0 Å². The summed E-state index contributed by atoms with van der Waals surface area (Å²) in [7, 11) is 0. The molecule has 1 unspecified atom stereocenters. The average Bonchev–Trinajstić information content (AvgIpc) is 3.39. The van der Waals surface area contributed by atoms with Crippen molar-refractivity contribution in [3.05, 3.63) is 53.8 Å². The molecule has 210 valence electrons. The van der Waals surface area contributed by atoms with Crippen molar-refractivity contribution in [2.75, 3.05) is 17.2 Å². The van der Waals surface area contributed by atoms with Crippen molar-refractivity contribution in [3.63, 3.8) is 0 Å². The smallest absolute Gasteiger partial charge is 0.308 e.